The van der Waals surface area contributed by atoms with Crippen LogP contribution >= 0.6 is 0 Å². The van der Waals surface area contributed by atoms with E-state index in [2.05, 4.69) is 5.32 Å². The summed E-state index contributed by atoms with van der Waals surface area (Å²) >= 11 is 0. The molecule has 20 heavy (non-hydrogen) atoms. The first-order chi connectivity index (χ1) is 9.55. The minimum atomic E-state index is 0.214. The van der Waals surface area contributed by atoms with E-state index in [0.29, 0.717) is 11.8 Å². The molecule has 3 nitrogen and oxygen atoms in total. The topological polar surface area (TPSA) is 55.1 Å². The van der Waals surface area contributed by atoms with E-state index < -0.39 is 0 Å². The van der Waals surface area contributed by atoms with E-state index in [-0.39, 0.29) is 11.9 Å². The third-order valence-electron chi connectivity index (χ3n) is 5.89. The smallest absolute Gasteiger partial charge is 0.220 e. The molecule has 0 aliphatic heterocycles. The highest BCUT2D eigenvalue weighted by Gasteiger charge is 2.50. The summed E-state index contributed by atoms with van der Waals surface area (Å²) in [7, 11) is 0. The zero-order chi connectivity index (χ0) is 14.2. The summed E-state index contributed by atoms with van der Waals surface area (Å²) < 4.78 is 0. The van der Waals surface area contributed by atoms with Gasteiger partial charge in [-0.25, -0.2) is 0 Å². The first kappa shape index (κ1) is 14.4. The van der Waals surface area contributed by atoms with E-state index >= 15 is 0 Å². The van der Waals surface area contributed by atoms with Crippen molar-refractivity contribution in [1.29, 1.82) is 0 Å². The van der Waals surface area contributed by atoms with Crippen LogP contribution in [-0.2, 0) is 4.79 Å². The molecule has 0 heterocycles. The molecular weight excluding hydrogens is 248 g/mol. The van der Waals surface area contributed by atoms with Gasteiger partial charge in [-0.3, -0.25) is 4.79 Å². The molecule has 4 saturated carbocycles. The monoisotopic (exact) mass is 278 g/mol. The van der Waals surface area contributed by atoms with Crippen LogP contribution in [0.5, 0.6) is 0 Å². The Morgan fingerprint density at radius 2 is 1.75 bits per heavy atom. The highest BCUT2D eigenvalue weighted by molar-refractivity contribution is 5.75. The van der Waals surface area contributed by atoms with Gasteiger partial charge >= 0.3 is 0 Å². The summed E-state index contributed by atoms with van der Waals surface area (Å²) in [6.45, 7) is 2.95. The van der Waals surface area contributed by atoms with Crippen molar-refractivity contribution in [2.24, 2.45) is 28.9 Å². The van der Waals surface area contributed by atoms with Crippen molar-refractivity contribution in [3.63, 3.8) is 0 Å². The van der Waals surface area contributed by atoms with Gasteiger partial charge in [0.1, 0.15) is 0 Å². The van der Waals surface area contributed by atoms with Crippen LogP contribution in [0.4, 0.5) is 0 Å². The Kier molecular flexibility index (Phi) is 4.07. The average Bonchev–Trinajstić information content (AvgIpc) is 2.34. The molecule has 4 bridgehead atoms. The van der Waals surface area contributed by atoms with Crippen molar-refractivity contribution in [3.8, 4) is 0 Å². The van der Waals surface area contributed by atoms with Crippen LogP contribution in [0.2, 0.25) is 0 Å². The number of nitrogens with two attached hydrogens (primary N) is 1. The Balaban J connectivity index is 1.45. The van der Waals surface area contributed by atoms with Gasteiger partial charge in [0.25, 0.3) is 0 Å². The second-order valence-electron chi connectivity index (χ2n) is 8.06. The fourth-order valence-corrected chi connectivity index (χ4v) is 5.47. The van der Waals surface area contributed by atoms with Crippen molar-refractivity contribution in [2.45, 2.75) is 70.8 Å². The van der Waals surface area contributed by atoms with Gasteiger partial charge in [0, 0.05) is 19.0 Å². The molecule has 0 spiro atoms. The van der Waals surface area contributed by atoms with E-state index in [4.69, 9.17) is 5.73 Å². The number of nitrogens with one attached hydrogen (secondary N) is 1. The second-order valence-corrected chi connectivity index (χ2v) is 8.06. The predicted octanol–water partition coefficient (Wildman–Crippen LogP) is 2.84. The van der Waals surface area contributed by atoms with Gasteiger partial charge in [0.05, 0.1) is 0 Å². The Hall–Kier alpha value is -0.570. The van der Waals surface area contributed by atoms with E-state index in [1.165, 1.54) is 38.5 Å². The van der Waals surface area contributed by atoms with Crippen molar-refractivity contribution in [2.75, 3.05) is 6.54 Å². The molecule has 114 valence electrons. The number of hydrogen-bond acceptors (Lipinski definition) is 2. The summed E-state index contributed by atoms with van der Waals surface area (Å²) in [5.74, 6) is 3.14. The van der Waals surface area contributed by atoms with Crippen LogP contribution in [0, 0.1) is 23.2 Å². The molecule has 1 atom stereocenters. The number of carbonyl (C=O) groups is 1. The Labute approximate surface area is 123 Å². The summed E-state index contributed by atoms with van der Waals surface area (Å²) in [6, 6.07) is 0.214. The minimum absolute atomic E-state index is 0.214. The molecule has 4 aliphatic rings. The second kappa shape index (κ2) is 5.67. The van der Waals surface area contributed by atoms with Crippen molar-refractivity contribution >= 4 is 5.91 Å². The lowest BCUT2D eigenvalue weighted by atomic mass is 9.49. The predicted molar refractivity (Wildman–Crippen MR) is 81.1 cm³/mol. The van der Waals surface area contributed by atoms with Crippen LogP contribution in [0.1, 0.15) is 64.7 Å². The molecule has 3 N–H and O–H groups in total. The zero-order valence-electron chi connectivity index (χ0n) is 12.9. The highest BCUT2D eigenvalue weighted by Crippen LogP contribution is 2.59. The SMILES string of the molecule is CC(N)CCCC(=O)NCC12CC3CC(CC(C3)C1)C2. The van der Waals surface area contributed by atoms with Gasteiger partial charge < -0.3 is 11.1 Å². The number of amides is 1. The van der Waals surface area contributed by atoms with Gasteiger partial charge in [-0.2, -0.15) is 0 Å². The quantitative estimate of drug-likeness (QED) is 0.785. The van der Waals surface area contributed by atoms with Crippen LogP contribution in [0.15, 0.2) is 0 Å². The van der Waals surface area contributed by atoms with Gasteiger partial charge in [-0.1, -0.05) is 0 Å². The fraction of sp³-hybridized carbons (Fsp3) is 0.941. The maximum absolute atomic E-state index is 12.0. The van der Waals surface area contributed by atoms with Gasteiger partial charge in [0.2, 0.25) is 5.91 Å². The van der Waals surface area contributed by atoms with Gasteiger partial charge in [-0.05, 0) is 81.5 Å². The van der Waals surface area contributed by atoms with Crippen molar-refractivity contribution in [3.05, 3.63) is 0 Å². The maximum atomic E-state index is 12.0. The lowest BCUT2D eigenvalue weighted by molar-refractivity contribution is -0.123. The van der Waals surface area contributed by atoms with E-state index in [1.807, 2.05) is 6.92 Å². The molecule has 0 saturated heterocycles. The Morgan fingerprint density at radius 1 is 1.20 bits per heavy atom. The molecule has 4 fully saturated rings. The molecule has 1 unspecified atom stereocenters. The van der Waals surface area contributed by atoms with Gasteiger partial charge in [-0.15, -0.1) is 0 Å². The molecule has 4 aliphatic carbocycles. The van der Waals surface area contributed by atoms with Crippen LogP contribution < -0.4 is 11.1 Å². The summed E-state index contributed by atoms with van der Waals surface area (Å²) in [5, 5.41) is 3.23. The molecule has 0 aromatic rings. The first-order valence-corrected chi connectivity index (χ1v) is 8.57. The third-order valence-corrected chi connectivity index (χ3v) is 5.89. The summed E-state index contributed by atoms with van der Waals surface area (Å²) in [5.41, 5.74) is 6.19. The largest absolute Gasteiger partial charge is 0.356 e. The van der Waals surface area contributed by atoms with Crippen molar-refractivity contribution in [1.82, 2.24) is 5.32 Å². The number of hydrogen-bond donors (Lipinski definition) is 2. The maximum Gasteiger partial charge on any atom is 0.220 e. The average molecular weight is 278 g/mol. The van der Waals surface area contributed by atoms with Crippen LogP contribution in [-0.4, -0.2) is 18.5 Å². The molecule has 0 aromatic carbocycles. The first-order valence-electron chi connectivity index (χ1n) is 8.57. The van der Waals surface area contributed by atoms with E-state index in [9.17, 15) is 4.79 Å². The zero-order valence-corrected chi connectivity index (χ0v) is 12.9. The third kappa shape index (κ3) is 3.19. The van der Waals surface area contributed by atoms with E-state index in [1.54, 1.807) is 0 Å². The van der Waals surface area contributed by atoms with E-state index in [0.717, 1.165) is 37.1 Å². The molecular formula is C17H30N2O. The Morgan fingerprint density at radius 3 is 2.25 bits per heavy atom. The summed E-state index contributed by atoms with van der Waals surface area (Å²) in [6.07, 6.45) is 11.1. The standard InChI is InChI=1S/C17H30N2O/c1-12(18)3-2-4-16(20)19-11-17-8-13-5-14(9-17)7-15(6-13)10-17/h12-15H,2-11,18H2,1H3,(H,19,20). The lowest BCUT2D eigenvalue weighted by Gasteiger charge is -2.56. The van der Waals surface area contributed by atoms with Crippen LogP contribution in [0.3, 0.4) is 0 Å². The fourth-order valence-electron chi connectivity index (χ4n) is 5.47. The highest BCUT2D eigenvalue weighted by atomic mass is 16.1. The number of carbonyl (C=O) groups excluding carboxylic acids is 1. The molecule has 3 heteroatoms. The van der Waals surface area contributed by atoms with Crippen molar-refractivity contribution < 1.29 is 4.79 Å². The molecule has 0 aromatic heterocycles. The summed E-state index contributed by atoms with van der Waals surface area (Å²) in [4.78, 5) is 12.0. The van der Waals surface area contributed by atoms with Gasteiger partial charge in [0.15, 0.2) is 0 Å². The Bertz CT molecular complexity index is 329. The molecule has 4 rings (SSSR count). The normalized spacial score (nSPS) is 39.8. The number of rotatable bonds is 6. The molecule has 0 radical (unpaired) electrons. The lowest BCUT2D eigenvalue weighted by Crippen LogP contribution is -2.51. The van der Waals surface area contributed by atoms with Crippen LogP contribution in [0.25, 0.3) is 0 Å². The molecule has 1 amide bonds. The minimum Gasteiger partial charge on any atom is -0.356 e.